The molecular weight excluding hydrogens is 769 g/mol. The summed E-state index contributed by atoms with van der Waals surface area (Å²) < 4.78 is 0. The molecule has 0 nitrogen and oxygen atoms in total. The molecule has 0 saturated heterocycles. The molecule has 372 valence electrons. The summed E-state index contributed by atoms with van der Waals surface area (Å²) in [5.74, 6) is 0. The second kappa shape index (κ2) is 20.9. The van der Waals surface area contributed by atoms with Crippen LogP contribution in [0.25, 0.3) is 0 Å². The smallest absolute Gasteiger partial charge is 0.00830 e. The molecule has 2 saturated carbocycles. The van der Waals surface area contributed by atoms with Gasteiger partial charge in [0.1, 0.15) is 0 Å². The zero-order valence-electron chi connectivity index (χ0n) is 48.6. The summed E-state index contributed by atoms with van der Waals surface area (Å²) in [5.41, 5.74) is 18.3. The van der Waals surface area contributed by atoms with Crippen molar-refractivity contribution in [3.8, 4) is 0 Å². The first-order valence-corrected chi connectivity index (χ1v) is 27.9. The Morgan fingerprint density at radius 2 is 0.516 bits per heavy atom. The van der Waals surface area contributed by atoms with Gasteiger partial charge in [0.15, 0.2) is 0 Å². The van der Waals surface area contributed by atoms with Gasteiger partial charge in [-0.15, -0.1) is 0 Å². The Balaban J connectivity index is 0.000000229. The molecule has 0 unspecified atom stereocenters. The Labute approximate surface area is 404 Å². The van der Waals surface area contributed by atoms with Crippen LogP contribution in [0.3, 0.4) is 0 Å². The van der Waals surface area contributed by atoms with E-state index in [9.17, 15) is 0 Å². The van der Waals surface area contributed by atoms with Crippen LogP contribution in [0.4, 0.5) is 0 Å². The quantitative estimate of drug-likeness (QED) is 0.247. The third-order valence-electron chi connectivity index (χ3n) is 21.7. The Morgan fingerprint density at radius 3 is 0.797 bits per heavy atom. The largest absolute Gasteiger partial charge is 0.0682 e. The van der Waals surface area contributed by atoms with E-state index >= 15 is 0 Å². The first-order chi connectivity index (χ1) is 29.2. The van der Waals surface area contributed by atoms with Crippen molar-refractivity contribution < 1.29 is 0 Å². The third-order valence-corrected chi connectivity index (χ3v) is 21.7. The van der Waals surface area contributed by atoms with Crippen LogP contribution < -0.4 is 0 Å². The van der Waals surface area contributed by atoms with Crippen LogP contribution in [0.15, 0.2) is 44.6 Å². The van der Waals surface area contributed by atoms with Gasteiger partial charge in [0, 0.05) is 0 Å². The van der Waals surface area contributed by atoms with Crippen molar-refractivity contribution in [1.29, 1.82) is 0 Å². The molecule has 6 aliphatic rings. The minimum Gasteiger partial charge on any atom is -0.0682 e. The maximum absolute atomic E-state index is 2.55. The maximum Gasteiger partial charge on any atom is -0.00830 e. The van der Waals surface area contributed by atoms with Crippen molar-refractivity contribution in [2.75, 3.05) is 0 Å². The molecule has 0 N–H and O–H groups in total. The third kappa shape index (κ3) is 12.4. The van der Waals surface area contributed by atoms with Gasteiger partial charge in [-0.05, 0) is 212 Å². The van der Waals surface area contributed by atoms with Crippen LogP contribution in [0.5, 0.6) is 0 Å². The second-order valence-electron chi connectivity index (χ2n) is 28.2. The zero-order chi connectivity index (χ0) is 49.2. The SMILES string of the molecule is CC1=C(C)C(C)(C)CC(C)(C)CC1(C)C.CC1=C(C)C(C)(C)CCCC1(C)C.CC1=C(C)C2(CCCC2)CC(C)(C)CC12CCCC2.CCC1(CC)CCCC(CC)(CC)C(C)=C1C. The summed E-state index contributed by atoms with van der Waals surface area (Å²) in [6.45, 7) is 57.7. The normalized spacial score (nSPS) is 28.1. The van der Waals surface area contributed by atoms with Crippen LogP contribution in [0.1, 0.15) is 307 Å². The predicted molar refractivity (Wildman–Crippen MR) is 290 cm³/mol. The summed E-state index contributed by atoms with van der Waals surface area (Å²) >= 11 is 0. The van der Waals surface area contributed by atoms with Crippen molar-refractivity contribution in [3.05, 3.63) is 44.6 Å². The van der Waals surface area contributed by atoms with Crippen LogP contribution >= 0.6 is 0 Å². The Hall–Kier alpha value is -1.04. The van der Waals surface area contributed by atoms with Gasteiger partial charge < -0.3 is 0 Å². The first-order valence-electron chi connectivity index (χ1n) is 27.9. The molecule has 2 fully saturated rings. The fourth-order valence-electron chi connectivity index (χ4n) is 16.5. The molecule has 64 heavy (non-hydrogen) atoms. The monoisotopic (exact) mass is 885 g/mol. The van der Waals surface area contributed by atoms with E-state index in [0.29, 0.717) is 54.1 Å². The standard InChI is InChI=1S/C19H32.C17H32.C15H28.C13H24/c1-15-16(2)19(11-7-8-12-19)14-17(3,4)13-18(15)9-5-6-10-18;1-7-16(8-2)12-11-13-17(9-3,10-4)15(6)14(16)5;1-11-12(2)15(7,8)10-13(3,4)9-14(11,5)6;1-10-11(2)13(5,6)9-7-8-12(10,3)4/h5-14H2,1-4H3;7-13H2,1-6H3;9-10H2,1-8H3;7-9H2,1-6H3. The second-order valence-corrected chi connectivity index (χ2v) is 28.2. The minimum atomic E-state index is 0.362. The van der Waals surface area contributed by atoms with E-state index in [1.165, 1.54) is 141 Å². The van der Waals surface area contributed by atoms with Gasteiger partial charge in [-0.25, -0.2) is 0 Å². The van der Waals surface area contributed by atoms with Gasteiger partial charge in [-0.1, -0.05) is 194 Å². The number of allylic oxidation sites excluding steroid dienone is 8. The van der Waals surface area contributed by atoms with E-state index in [-0.39, 0.29) is 0 Å². The van der Waals surface area contributed by atoms with Gasteiger partial charge in [0.25, 0.3) is 0 Å². The van der Waals surface area contributed by atoms with E-state index in [0.717, 1.165) is 0 Å². The fraction of sp³-hybridized carbons (Fsp3) is 0.875. The fourth-order valence-corrected chi connectivity index (χ4v) is 16.5. The highest BCUT2D eigenvalue weighted by atomic mass is 14.5. The average Bonchev–Trinajstić information content (AvgIpc) is 3.83. The van der Waals surface area contributed by atoms with E-state index in [1.54, 1.807) is 33.4 Å². The molecule has 6 rings (SSSR count). The van der Waals surface area contributed by atoms with E-state index in [1.807, 2.05) is 11.1 Å². The van der Waals surface area contributed by atoms with Crippen LogP contribution in [-0.2, 0) is 0 Å². The Morgan fingerprint density at radius 1 is 0.266 bits per heavy atom. The molecule has 0 radical (unpaired) electrons. The van der Waals surface area contributed by atoms with E-state index in [2.05, 4.69) is 166 Å². The molecule has 0 aromatic rings. The average molecular weight is 886 g/mol. The van der Waals surface area contributed by atoms with E-state index < -0.39 is 0 Å². The molecule has 0 atom stereocenters. The van der Waals surface area contributed by atoms with Crippen molar-refractivity contribution in [2.24, 2.45) is 54.1 Å². The maximum atomic E-state index is 2.55. The molecule has 0 heteroatoms. The summed E-state index contributed by atoms with van der Waals surface area (Å²) in [6.07, 6.45) is 30.8. The molecule has 6 aliphatic carbocycles. The summed E-state index contributed by atoms with van der Waals surface area (Å²) in [5, 5.41) is 0. The molecule has 0 heterocycles. The summed E-state index contributed by atoms with van der Waals surface area (Å²) in [4.78, 5) is 0. The van der Waals surface area contributed by atoms with Crippen LogP contribution in [0.2, 0.25) is 0 Å². The zero-order valence-corrected chi connectivity index (χ0v) is 48.6. The molecule has 2 spiro atoms. The van der Waals surface area contributed by atoms with Crippen molar-refractivity contribution in [3.63, 3.8) is 0 Å². The topological polar surface area (TPSA) is 0 Å². The van der Waals surface area contributed by atoms with Gasteiger partial charge in [0.2, 0.25) is 0 Å². The number of rotatable bonds is 4. The number of hydrogen-bond acceptors (Lipinski definition) is 0. The lowest BCUT2D eigenvalue weighted by atomic mass is 9.67. The predicted octanol–water partition coefficient (Wildman–Crippen LogP) is 22.1. The van der Waals surface area contributed by atoms with Gasteiger partial charge in [-0.2, -0.15) is 0 Å². The van der Waals surface area contributed by atoms with Gasteiger partial charge in [-0.3, -0.25) is 0 Å². The molecule has 0 bridgehead atoms. The van der Waals surface area contributed by atoms with E-state index in [4.69, 9.17) is 0 Å². The van der Waals surface area contributed by atoms with Crippen molar-refractivity contribution in [2.45, 2.75) is 307 Å². The van der Waals surface area contributed by atoms with Crippen molar-refractivity contribution >= 4 is 0 Å². The lowest BCUT2D eigenvalue weighted by Crippen LogP contribution is -2.27. The lowest BCUT2D eigenvalue weighted by molar-refractivity contribution is 0.149. The number of hydrogen-bond donors (Lipinski definition) is 0. The lowest BCUT2D eigenvalue weighted by Gasteiger charge is -2.38. The highest BCUT2D eigenvalue weighted by Crippen LogP contribution is 2.63. The minimum absolute atomic E-state index is 0.362. The molecule has 0 amide bonds. The van der Waals surface area contributed by atoms with Gasteiger partial charge in [0.05, 0.1) is 0 Å². The Kier molecular flexibility index (Phi) is 18.7. The highest BCUT2D eigenvalue weighted by Gasteiger charge is 2.50. The summed E-state index contributed by atoms with van der Waals surface area (Å²) in [6, 6.07) is 0. The molecule has 0 aromatic carbocycles. The Bertz CT molecular complexity index is 1560. The van der Waals surface area contributed by atoms with Crippen molar-refractivity contribution in [1.82, 2.24) is 0 Å². The first kappa shape index (κ1) is 57.3. The summed E-state index contributed by atoms with van der Waals surface area (Å²) in [7, 11) is 0. The van der Waals surface area contributed by atoms with Crippen LogP contribution in [-0.4, -0.2) is 0 Å². The molecule has 0 aromatic heterocycles. The molecular formula is C64H116. The highest BCUT2D eigenvalue weighted by molar-refractivity contribution is 5.31. The van der Waals surface area contributed by atoms with Gasteiger partial charge >= 0.3 is 0 Å². The molecule has 0 aliphatic heterocycles. The van der Waals surface area contributed by atoms with Crippen LogP contribution in [0, 0.1) is 54.1 Å².